The SMILES string of the molecule is CCNC(=O)c1cc2c([nH]1)c(=O)c(C)cn2-c1cc(NS(=O)(=O)NCC)ccc1Oc1c(C)cc(F)cc1C. The molecule has 0 saturated heterocycles. The van der Waals surface area contributed by atoms with Crippen molar-refractivity contribution < 1.29 is 22.3 Å². The topological polar surface area (TPSA) is 134 Å². The van der Waals surface area contributed by atoms with E-state index in [2.05, 4.69) is 19.7 Å². The number of ether oxygens (including phenoxy) is 1. The molecule has 2 heterocycles. The first-order chi connectivity index (χ1) is 18.4. The Hall–Kier alpha value is -4.16. The van der Waals surface area contributed by atoms with Crippen molar-refractivity contribution in [3.8, 4) is 17.2 Å². The number of nitrogens with one attached hydrogen (secondary N) is 4. The number of aromatic amines is 1. The van der Waals surface area contributed by atoms with Crippen LogP contribution in [0.2, 0.25) is 0 Å². The maximum Gasteiger partial charge on any atom is 0.299 e. The van der Waals surface area contributed by atoms with Gasteiger partial charge in [0.15, 0.2) is 5.75 Å². The number of aryl methyl sites for hydroxylation is 3. The Labute approximate surface area is 225 Å². The van der Waals surface area contributed by atoms with Crippen molar-refractivity contribution in [2.45, 2.75) is 34.6 Å². The van der Waals surface area contributed by atoms with Gasteiger partial charge in [-0.25, -0.2) is 4.39 Å². The van der Waals surface area contributed by atoms with E-state index in [0.29, 0.717) is 45.9 Å². The van der Waals surface area contributed by atoms with Crippen LogP contribution in [0.15, 0.2) is 47.4 Å². The minimum Gasteiger partial charge on any atom is -0.455 e. The molecule has 0 fully saturated rings. The molecule has 2 aromatic carbocycles. The number of rotatable bonds is 9. The fourth-order valence-electron chi connectivity index (χ4n) is 4.31. The van der Waals surface area contributed by atoms with E-state index in [1.807, 2.05) is 0 Å². The fourth-order valence-corrected chi connectivity index (χ4v) is 5.20. The number of aromatic nitrogens is 2. The van der Waals surface area contributed by atoms with Gasteiger partial charge in [0, 0.05) is 24.8 Å². The molecule has 0 aliphatic carbocycles. The van der Waals surface area contributed by atoms with Crippen molar-refractivity contribution in [1.82, 2.24) is 19.6 Å². The number of H-pyrrole nitrogens is 1. The summed E-state index contributed by atoms with van der Waals surface area (Å²) in [6.07, 6.45) is 1.59. The van der Waals surface area contributed by atoms with Crippen molar-refractivity contribution in [3.05, 3.63) is 81.0 Å². The molecule has 39 heavy (non-hydrogen) atoms. The van der Waals surface area contributed by atoms with Gasteiger partial charge in [-0.05, 0) is 75.2 Å². The first-order valence-electron chi connectivity index (χ1n) is 12.3. The molecule has 0 spiro atoms. The van der Waals surface area contributed by atoms with E-state index in [1.165, 1.54) is 18.2 Å². The van der Waals surface area contributed by atoms with Crippen LogP contribution < -0.4 is 24.9 Å². The zero-order chi connectivity index (χ0) is 28.5. The number of pyridine rings is 1. The molecule has 0 bridgehead atoms. The molecule has 4 rings (SSSR count). The zero-order valence-electron chi connectivity index (χ0n) is 22.2. The summed E-state index contributed by atoms with van der Waals surface area (Å²) in [5.41, 5.74) is 2.62. The van der Waals surface area contributed by atoms with Gasteiger partial charge in [-0.15, -0.1) is 0 Å². The van der Waals surface area contributed by atoms with Crippen LogP contribution in [-0.2, 0) is 10.2 Å². The molecule has 10 nitrogen and oxygen atoms in total. The van der Waals surface area contributed by atoms with Crippen molar-refractivity contribution in [1.29, 1.82) is 0 Å². The second-order valence-electron chi connectivity index (χ2n) is 9.07. The van der Waals surface area contributed by atoms with E-state index in [-0.39, 0.29) is 34.8 Å². The van der Waals surface area contributed by atoms with Crippen LogP contribution in [0.25, 0.3) is 16.7 Å². The summed E-state index contributed by atoms with van der Waals surface area (Å²) in [5.74, 6) is -0.0266. The van der Waals surface area contributed by atoms with E-state index in [4.69, 9.17) is 4.74 Å². The van der Waals surface area contributed by atoms with E-state index < -0.39 is 16.0 Å². The summed E-state index contributed by atoms with van der Waals surface area (Å²) >= 11 is 0. The summed E-state index contributed by atoms with van der Waals surface area (Å²) in [6.45, 7) is 9.11. The normalized spacial score (nSPS) is 11.5. The van der Waals surface area contributed by atoms with Crippen LogP contribution in [0.1, 0.15) is 41.0 Å². The predicted molar refractivity (Wildman–Crippen MR) is 149 cm³/mol. The van der Waals surface area contributed by atoms with Crippen LogP contribution in [-0.4, -0.2) is 37.0 Å². The lowest BCUT2D eigenvalue weighted by molar-refractivity contribution is 0.0951. The average molecular weight is 556 g/mol. The van der Waals surface area contributed by atoms with E-state index >= 15 is 0 Å². The first kappa shape index (κ1) is 27.9. The minimum atomic E-state index is -3.85. The van der Waals surface area contributed by atoms with Gasteiger partial charge in [-0.1, -0.05) is 6.92 Å². The Morgan fingerprint density at radius 3 is 2.36 bits per heavy atom. The molecule has 1 amide bonds. The Kier molecular flexibility index (Phi) is 7.79. The molecule has 0 atom stereocenters. The fraction of sp³-hybridized carbons (Fsp3) is 0.259. The van der Waals surface area contributed by atoms with Gasteiger partial charge in [-0.2, -0.15) is 13.1 Å². The maximum absolute atomic E-state index is 13.9. The molecule has 12 heteroatoms. The second-order valence-corrected chi connectivity index (χ2v) is 10.6. The first-order valence-corrected chi connectivity index (χ1v) is 13.8. The molecule has 0 aliphatic heterocycles. The third kappa shape index (κ3) is 5.81. The average Bonchev–Trinajstić information content (AvgIpc) is 3.30. The van der Waals surface area contributed by atoms with Crippen LogP contribution >= 0.6 is 0 Å². The Morgan fingerprint density at radius 2 is 1.72 bits per heavy atom. The number of hydrogen-bond donors (Lipinski definition) is 4. The number of nitrogens with zero attached hydrogens (tertiary/aromatic N) is 1. The number of fused-ring (bicyclic) bond motifs is 1. The van der Waals surface area contributed by atoms with Gasteiger partial charge in [0.25, 0.3) is 16.1 Å². The van der Waals surface area contributed by atoms with Crippen LogP contribution in [0, 0.1) is 26.6 Å². The van der Waals surface area contributed by atoms with Gasteiger partial charge < -0.3 is 19.6 Å². The molecule has 0 unspecified atom stereocenters. The van der Waals surface area contributed by atoms with Gasteiger partial charge in [0.2, 0.25) is 5.43 Å². The van der Waals surface area contributed by atoms with Gasteiger partial charge in [0.05, 0.1) is 16.9 Å². The second kappa shape index (κ2) is 10.9. The third-order valence-electron chi connectivity index (χ3n) is 5.99. The molecule has 0 saturated carbocycles. The van der Waals surface area contributed by atoms with Gasteiger partial charge in [0.1, 0.15) is 22.8 Å². The van der Waals surface area contributed by atoms with Crippen molar-refractivity contribution in [3.63, 3.8) is 0 Å². The van der Waals surface area contributed by atoms with Crippen molar-refractivity contribution in [2.24, 2.45) is 0 Å². The van der Waals surface area contributed by atoms with E-state index in [9.17, 15) is 22.4 Å². The Morgan fingerprint density at radius 1 is 1.03 bits per heavy atom. The largest absolute Gasteiger partial charge is 0.455 e. The number of benzene rings is 2. The summed E-state index contributed by atoms with van der Waals surface area (Å²) < 4.78 is 51.5. The monoisotopic (exact) mass is 555 g/mol. The van der Waals surface area contributed by atoms with Crippen LogP contribution in [0.5, 0.6) is 11.5 Å². The summed E-state index contributed by atoms with van der Waals surface area (Å²) in [7, 11) is -3.85. The van der Waals surface area contributed by atoms with Gasteiger partial charge in [-0.3, -0.25) is 14.3 Å². The molecule has 0 aliphatic rings. The molecule has 2 aromatic heterocycles. The number of halogens is 1. The lowest BCUT2D eigenvalue weighted by atomic mass is 10.1. The lowest BCUT2D eigenvalue weighted by Gasteiger charge is -2.19. The molecule has 4 aromatic rings. The van der Waals surface area contributed by atoms with Crippen LogP contribution in [0.3, 0.4) is 0 Å². The molecule has 206 valence electrons. The predicted octanol–water partition coefficient (Wildman–Crippen LogP) is 4.19. The van der Waals surface area contributed by atoms with E-state index in [1.54, 1.807) is 63.6 Å². The summed E-state index contributed by atoms with van der Waals surface area (Å²) in [6, 6.07) is 8.93. The quantitative estimate of drug-likeness (QED) is 0.246. The molecule has 4 N–H and O–H groups in total. The lowest BCUT2D eigenvalue weighted by Crippen LogP contribution is -2.29. The van der Waals surface area contributed by atoms with Gasteiger partial charge >= 0.3 is 0 Å². The smallest absolute Gasteiger partial charge is 0.299 e. The highest BCUT2D eigenvalue weighted by Crippen LogP contribution is 2.36. The Balaban J connectivity index is 1.97. The maximum atomic E-state index is 13.9. The molecule has 0 radical (unpaired) electrons. The molecular weight excluding hydrogens is 525 g/mol. The van der Waals surface area contributed by atoms with Crippen LogP contribution in [0.4, 0.5) is 10.1 Å². The highest BCUT2D eigenvalue weighted by atomic mass is 32.2. The number of anilines is 1. The summed E-state index contributed by atoms with van der Waals surface area (Å²) in [5, 5.41) is 2.70. The zero-order valence-corrected chi connectivity index (χ0v) is 23.0. The Bertz CT molecular complexity index is 1720. The molecular formula is C27H30FN5O5S. The minimum absolute atomic E-state index is 0.192. The third-order valence-corrected chi connectivity index (χ3v) is 7.16. The number of carbonyl (C=O) groups is 1. The summed E-state index contributed by atoms with van der Waals surface area (Å²) in [4.78, 5) is 28.4. The number of hydrogen-bond acceptors (Lipinski definition) is 5. The van der Waals surface area contributed by atoms with Crippen molar-refractivity contribution >= 4 is 32.8 Å². The van der Waals surface area contributed by atoms with Crippen molar-refractivity contribution in [2.75, 3.05) is 17.8 Å². The number of carbonyl (C=O) groups excluding carboxylic acids is 1. The standard InChI is InChI=1S/C27H30FN5O5S/c1-6-29-27(35)20-13-22-24(31-20)25(34)17(5)14-33(22)21-12-19(32-39(36,37)30-7-2)8-9-23(21)38-26-15(3)10-18(28)11-16(26)4/h8-14,30-32H,6-7H2,1-5H3,(H,29,35). The highest BCUT2D eigenvalue weighted by molar-refractivity contribution is 7.90. The highest BCUT2D eigenvalue weighted by Gasteiger charge is 2.20. The van der Waals surface area contributed by atoms with E-state index in [0.717, 1.165) is 0 Å². The number of amides is 1.